The second-order valence-electron chi connectivity index (χ2n) is 12.1. The Hall–Kier alpha value is -3.09. The van der Waals surface area contributed by atoms with Gasteiger partial charge in [-0.15, -0.1) is 0 Å². The summed E-state index contributed by atoms with van der Waals surface area (Å²) < 4.78 is 26.9. The van der Waals surface area contributed by atoms with Crippen molar-refractivity contribution in [2.24, 2.45) is 0 Å². The number of phenolic OH excluding ortho intramolecular Hbond substituents is 1. The van der Waals surface area contributed by atoms with E-state index in [0.29, 0.717) is 28.9 Å². The summed E-state index contributed by atoms with van der Waals surface area (Å²) in [5, 5.41) is 19.9. The molecule has 6 nitrogen and oxygen atoms in total. The van der Waals surface area contributed by atoms with Crippen LogP contribution in [0.3, 0.4) is 0 Å². The van der Waals surface area contributed by atoms with Gasteiger partial charge in [0.05, 0.1) is 30.9 Å². The number of Topliss-reactive ketones (excluding diaryl/α,β-unsaturated/α-hetero) is 1. The van der Waals surface area contributed by atoms with Crippen molar-refractivity contribution in [1.29, 1.82) is 5.41 Å². The van der Waals surface area contributed by atoms with E-state index in [0.717, 1.165) is 0 Å². The zero-order chi connectivity index (χ0) is 28.1. The number of ketones is 1. The minimum Gasteiger partial charge on any atom is -0.507 e. The molecule has 0 radical (unpaired) electrons. The van der Waals surface area contributed by atoms with Crippen LogP contribution in [-0.2, 0) is 16.4 Å². The van der Waals surface area contributed by atoms with Crippen molar-refractivity contribution in [2.45, 2.75) is 85.6 Å². The third-order valence-electron chi connectivity index (χ3n) is 6.97. The largest absolute Gasteiger partial charge is 0.507 e. The molecule has 0 atom stereocenters. The van der Waals surface area contributed by atoms with Gasteiger partial charge < -0.3 is 19.5 Å². The average Bonchev–Trinajstić information content (AvgIpc) is 2.95. The van der Waals surface area contributed by atoms with Gasteiger partial charge >= 0.3 is 0 Å². The molecule has 0 amide bonds. The minimum atomic E-state index is -0.837. The number of ether oxygens (including phenoxy) is 2. The number of carbonyl (C=O) groups excluding carboxylic acids is 1. The number of amidine groups is 1. The number of rotatable bonds is 7. The Kier molecular flexibility index (Phi) is 7.43. The Morgan fingerprint density at radius 2 is 1.51 bits per heavy atom. The molecule has 1 aliphatic heterocycles. The number of nitrogens with one attached hydrogen (secondary N) is 1. The van der Waals surface area contributed by atoms with Crippen molar-refractivity contribution in [3.63, 3.8) is 0 Å². The lowest BCUT2D eigenvalue weighted by molar-refractivity contribution is 0.0920. The summed E-state index contributed by atoms with van der Waals surface area (Å²) >= 11 is 0. The minimum absolute atomic E-state index is 0.0139. The highest BCUT2D eigenvalue weighted by Gasteiger charge is 2.45. The maximum absolute atomic E-state index is 15.7. The Balaban J connectivity index is 2.09. The molecular formula is C30H41FN2O4. The van der Waals surface area contributed by atoms with Gasteiger partial charge in [0.25, 0.3) is 0 Å². The van der Waals surface area contributed by atoms with E-state index in [1.165, 1.54) is 0 Å². The molecule has 0 spiro atoms. The summed E-state index contributed by atoms with van der Waals surface area (Å²) in [6, 6.07) is 5.21. The van der Waals surface area contributed by atoms with E-state index >= 15 is 4.39 Å². The van der Waals surface area contributed by atoms with Crippen molar-refractivity contribution >= 4 is 11.6 Å². The number of phenols is 1. The average molecular weight is 513 g/mol. The number of fused-ring (bicyclic) bond motifs is 1. The number of halogens is 1. The number of hydrogen-bond donors (Lipinski definition) is 2. The van der Waals surface area contributed by atoms with Crippen LogP contribution in [0.4, 0.5) is 4.39 Å². The molecule has 1 aliphatic rings. The van der Waals surface area contributed by atoms with Crippen LogP contribution in [-0.4, -0.2) is 41.4 Å². The number of hydrogen-bond acceptors (Lipinski definition) is 5. The summed E-state index contributed by atoms with van der Waals surface area (Å²) in [6.07, 6.45) is 0. The molecule has 2 N–H and O–H groups in total. The van der Waals surface area contributed by atoms with Gasteiger partial charge in [-0.25, -0.2) is 4.39 Å². The van der Waals surface area contributed by atoms with E-state index in [-0.39, 0.29) is 58.4 Å². The van der Waals surface area contributed by atoms with E-state index in [9.17, 15) is 9.90 Å². The number of carbonyl (C=O) groups is 1. The van der Waals surface area contributed by atoms with Gasteiger partial charge in [0.15, 0.2) is 23.1 Å². The highest BCUT2D eigenvalue weighted by molar-refractivity contribution is 6.07. The molecule has 37 heavy (non-hydrogen) atoms. The molecule has 0 saturated heterocycles. The van der Waals surface area contributed by atoms with Crippen molar-refractivity contribution < 1.29 is 23.8 Å². The first-order valence-electron chi connectivity index (χ1n) is 12.9. The fourth-order valence-corrected chi connectivity index (χ4v) is 4.87. The Bertz CT molecular complexity index is 1200. The van der Waals surface area contributed by atoms with Crippen LogP contribution in [0.5, 0.6) is 17.2 Å². The molecule has 0 aromatic heterocycles. The Labute approximate surface area is 220 Å². The lowest BCUT2D eigenvalue weighted by Crippen LogP contribution is -2.42. The number of aromatic hydroxyl groups is 1. The molecular weight excluding hydrogens is 471 g/mol. The highest BCUT2D eigenvalue weighted by Crippen LogP contribution is 2.46. The van der Waals surface area contributed by atoms with Crippen LogP contribution < -0.4 is 9.47 Å². The fourth-order valence-electron chi connectivity index (χ4n) is 4.87. The van der Waals surface area contributed by atoms with Crippen molar-refractivity contribution in [3.05, 3.63) is 51.8 Å². The van der Waals surface area contributed by atoms with Gasteiger partial charge in [0.2, 0.25) is 0 Å². The summed E-state index contributed by atoms with van der Waals surface area (Å²) in [5.41, 5.74) is 0.933. The molecule has 2 aromatic rings. The zero-order valence-electron chi connectivity index (χ0n) is 23.9. The first-order valence-corrected chi connectivity index (χ1v) is 12.9. The quantitative estimate of drug-likeness (QED) is 0.404. The predicted octanol–water partition coefficient (Wildman–Crippen LogP) is 6.68. The summed E-state index contributed by atoms with van der Waals surface area (Å²) in [5.74, 6) is -0.451. The lowest BCUT2D eigenvalue weighted by Gasteiger charge is -2.34. The smallest absolute Gasteiger partial charge is 0.197 e. The van der Waals surface area contributed by atoms with Gasteiger partial charge in [-0.1, -0.05) is 41.5 Å². The second kappa shape index (κ2) is 9.66. The number of benzene rings is 2. The first kappa shape index (κ1) is 28.5. The van der Waals surface area contributed by atoms with Crippen LogP contribution in [0.15, 0.2) is 18.2 Å². The van der Waals surface area contributed by atoms with E-state index < -0.39 is 11.4 Å². The molecule has 0 aliphatic carbocycles. The molecule has 0 bridgehead atoms. The van der Waals surface area contributed by atoms with Gasteiger partial charge in [-0.05, 0) is 62.3 Å². The van der Waals surface area contributed by atoms with Gasteiger partial charge in [-0.3, -0.25) is 10.2 Å². The summed E-state index contributed by atoms with van der Waals surface area (Å²) in [6.45, 7) is 19.7. The highest BCUT2D eigenvalue weighted by atomic mass is 19.1. The molecule has 3 rings (SSSR count). The van der Waals surface area contributed by atoms with Gasteiger partial charge in [-0.2, -0.15) is 0 Å². The van der Waals surface area contributed by atoms with Crippen molar-refractivity contribution in [3.8, 4) is 17.2 Å². The maximum atomic E-state index is 15.7. The normalized spacial score (nSPS) is 15.1. The van der Waals surface area contributed by atoms with Crippen LogP contribution in [0.2, 0.25) is 0 Å². The molecule has 1 heterocycles. The topological polar surface area (TPSA) is 82.9 Å². The van der Waals surface area contributed by atoms with Gasteiger partial charge in [0, 0.05) is 16.7 Å². The molecule has 2 aromatic carbocycles. The fraction of sp³-hybridized carbons (Fsp3) is 0.533. The summed E-state index contributed by atoms with van der Waals surface area (Å²) in [7, 11) is 0. The van der Waals surface area contributed by atoms with Crippen LogP contribution in [0, 0.1) is 11.2 Å². The van der Waals surface area contributed by atoms with Crippen molar-refractivity contribution in [2.75, 3.05) is 19.8 Å². The van der Waals surface area contributed by atoms with E-state index in [1.807, 2.05) is 62.3 Å². The number of nitrogens with zero attached hydrogens (tertiary/aromatic N) is 1. The van der Waals surface area contributed by atoms with Crippen LogP contribution in [0.1, 0.15) is 102 Å². The van der Waals surface area contributed by atoms with Crippen LogP contribution in [0.25, 0.3) is 0 Å². The third-order valence-corrected chi connectivity index (χ3v) is 6.97. The summed E-state index contributed by atoms with van der Waals surface area (Å²) in [4.78, 5) is 15.3. The molecule has 0 unspecified atom stereocenters. The van der Waals surface area contributed by atoms with E-state index in [4.69, 9.17) is 14.9 Å². The molecule has 0 saturated carbocycles. The molecule has 202 valence electrons. The van der Waals surface area contributed by atoms with E-state index in [2.05, 4.69) is 0 Å². The van der Waals surface area contributed by atoms with Crippen molar-refractivity contribution in [1.82, 2.24) is 4.90 Å². The zero-order valence-corrected chi connectivity index (χ0v) is 23.9. The molecule has 7 heteroatoms. The Morgan fingerprint density at radius 1 is 1.00 bits per heavy atom. The monoisotopic (exact) mass is 512 g/mol. The third kappa shape index (κ3) is 5.05. The van der Waals surface area contributed by atoms with Crippen LogP contribution >= 0.6 is 0 Å². The standard InChI is InChI=1S/C30H41FN2O4/c1-11-36-22-15-18-23(24(31)26(22)37-12-2)27(32)33(30(18,9)10)16-21(34)17-13-19(28(3,4)5)25(35)20(14-17)29(6,7)8/h13-15,32,35H,11-12,16H2,1-10H3. The molecule has 0 fully saturated rings. The van der Waals surface area contributed by atoms with E-state index in [1.54, 1.807) is 30.0 Å². The SMILES string of the molecule is CCOc1cc2c(c(F)c1OCC)C(=N)N(CC(=O)c1cc(C(C)(C)C)c(O)c(C(C)(C)C)c1)C2(C)C. The Morgan fingerprint density at radius 3 is 1.97 bits per heavy atom. The second-order valence-corrected chi connectivity index (χ2v) is 12.1. The lowest BCUT2D eigenvalue weighted by atomic mass is 9.78. The predicted molar refractivity (Wildman–Crippen MR) is 145 cm³/mol. The first-order chi connectivity index (χ1) is 17.0. The maximum Gasteiger partial charge on any atom is 0.197 e. The van der Waals surface area contributed by atoms with Gasteiger partial charge in [0.1, 0.15) is 11.6 Å².